The molecule has 5 heteroatoms. The molecule has 2 N–H and O–H groups in total. The monoisotopic (exact) mass is 245 g/mol. The molecule has 1 unspecified atom stereocenters. The average Bonchev–Trinajstić information content (AvgIpc) is 2.55. The Morgan fingerprint density at radius 3 is 3.15 bits per heavy atom. The van der Waals surface area contributed by atoms with Crippen LogP contribution in [-0.4, -0.2) is 21.2 Å². The average molecular weight is 246 g/mol. The highest BCUT2D eigenvalue weighted by Crippen LogP contribution is 2.05. The van der Waals surface area contributed by atoms with Gasteiger partial charge >= 0.3 is 0 Å². The van der Waals surface area contributed by atoms with Crippen molar-refractivity contribution in [2.45, 2.75) is 19.4 Å². The van der Waals surface area contributed by atoms with Gasteiger partial charge in [-0.3, -0.25) is 4.79 Å². The number of carbonyl (C=O) groups excluding carboxylic acids is 1. The Hall–Kier alpha value is -0.840. The highest BCUT2D eigenvalue weighted by atomic mass is 79.9. The Balaban J connectivity index is 2.42. The number of aromatic amines is 1. The van der Waals surface area contributed by atoms with Crippen LogP contribution in [0.4, 0.5) is 0 Å². The number of nitrogens with one attached hydrogen (secondary N) is 2. The molecule has 4 nitrogen and oxygen atoms in total. The fraction of sp³-hybridized carbons (Fsp3) is 0.500. The van der Waals surface area contributed by atoms with Gasteiger partial charge in [0.2, 0.25) is 5.91 Å². The number of carbonyl (C=O) groups is 1. The Morgan fingerprint density at radius 2 is 2.62 bits per heavy atom. The Kier molecular flexibility index (Phi) is 3.95. The number of H-pyrrole nitrogens is 1. The lowest BCUT2D eigenvalue weighted by atomic mass is 10.3. The summed E-state index contributed by atoms with van der Waals surface area (Å²) in [6.45, 7) is 1.89. The largest absolute Gasteiger partial charge is 0.347 e. The molecule has 1 heterocycles. The van der Waals surface area contributed by atoms with E-state index in [0.29, 0.717) is 11.8 Å². The fourth-order valence-corrected chi connectivity index (χ4v) is 1.34. The van der Waals surface area contributed by atoms with E-state index >= 15 is 0 Å². The van der Waals surface area contributed by atoms with Gasteiger partial charge in [-0.1, -0.05) is 15.9 Å². The number of nitrogens with zero attached hydrogens (tertiary/aromatic N) is 1. The number of hydrogen-bond acceptors (Lipinski definition) is 2. The van der Waals surface area contributed by atoms with Crippen LogP contribution in [0, 0.1) is 0 Å². The van der Waals surface area contributed by atoms with E-state index in [1.165, 1.54) is 0 Å². The van der Waals surface area contributed by atoms with Crippen LogP contribution >= 0.6 is 15.9 Å². The van der Waals surface area contributed by atoms with Crippen molar-refractivity contribution in [3.05, 3.63) is 18.2 Å². The second-order valence-corrected chi connectivity index (χ2v) is 3.50. The molecule has 0 saturated heterocycles. The lowest BCUT2D eigenvalue weighted by molar-refractivity contribution is -0.121. The van der Waals surface area contributed by atoms with Crippen LogP contribution in [-0.2, 0) is 4.79 Å². The van der Waals surface area contributed by atoms with Crippen LogP contribution in [0.5, 0.6) is 0 Å². The Labute approximate surface area is 85.3 Å². The van der Waals surface area contributed by atoms with Gasteiger partial charge in [0, 0.05) is 24.1 Å². The number of alkyl halides is 1. The summed E-state index contributed by atoms with van der Waals surface area (Å²) in [6, 6.07) is -0.0541. The first-order valence-corrected chi connectivity index (χ1v) is 5.20. The van der Waals surface area contributed by atoms with E-state index in [1.54, 1.807) is 12.4 Å². The van der Waals surface area contributed by atoms with E-state index in [2.05, 4.69) is 31.2 Å². The summed E-state index contributed by atoms with van der Waals surface area (Å²) >= 11 is 3.20. The zero-order valence-corrected chi connectivity index (χ0v) is 8.97. The first kappa shape index (κ1) is 10.2. The van der Waals surface area contributed by atoms with Crippen molar-refractivity contribution >= 4 is 21.8 Å². The predicted molar refractivity (Wildman–Crippen MR) is 53.6 cm³/mol. The van der Waals surface area contributed by atoms with Gasteiger partial charge in [-0.25, -0.2) is 4.98 Å². The number of imidazole rings is 1. The summed E-state index contributed by atoms with van der Waals surface area (Å²) in [7, 11) is 0. The molecule has 1 amide bonds. The van der Waals surface area contributed by atoms with E-state index in [0.717, 1.165) is 5.82 Å². The first-order valence-electron chi connectivity index (χ1n) is 4.08. The highest BCUT2D eigenvalue weighted by molar-refractivity contribution is 9.09. The Bertz CT molecular complexity index is 260. The van der Waals surface area contributed by atoms with Gasteiger partial charge in [-0.15, -0.1) is 0 Å². The van der Waals surface area contributed by atoms with Gasteiger partial charge in [0.05, 0.1) is 6.04 Å². The summed E-state index contributed by atoms with van der Waals surface area (Å²) in [5.74, 6) is 0.809. The summed E-state index contributed by atoms with van der Waals surface area (Å²) in [4.78, 5) is 18.2. The molecule has 0 spiro atoms. The van der Waals surface area contributed by atoms with Crippen molar-refractivity contribution in [3.63, 3.8) is 0 Å². The third-order valence-corrected chi connectivity index (χ3v) is 2.03. The molecule has 13 heavy (non-hydrogen) atoms. The molecule has 1 aromatic rings. The van der Waals surface area contributed by atoms with Crippen LogP contribution in [0.2, 0.25) is 0 Å². The molecular weight excluding hydrogens is 234 g/mol. The van der Waals surface area contributed by atoms with Crippen LogP contribution in [0.15, 0.2) is 12.4 Å². The smallest absolute Gasteiger partial charge is 0.221 e. The van der Waals surface area contributed by atoms with E-state index in [4.69, 9.17) is 0 Å². The molecule has 0 bridgehead atoms. The maximum atomic E-state index is 11.2. The maximum Gasteiger partial charge on any atom is 0.221 e. The summed E-state index contributed by atoms with van der Waals surface area (Å²) in [6.07, 6.45) is 3.90. The van der Waals surface area contributed by atoms with Crippen molar-refractivity contribution in [1.82, 2.24) is 15.3 Å². The van der Waals surface area contributed by atoms with Gasteiger partial charge in [-0.2, -0.15) is 0 Å². The predicted octanol–water partition coefficient (Wildman–Crippen LogP) is 1.37. The molecule has 0 aromatic carbocycles. The minimum atomic E-state index is -0.0541. The highest BCUT2D eigenvalue weighted by Gasteiger charge is 2.09. The number of rotatable bonds is 4. The van der Waals surface area contributed by atoms with Crippen molar-refractivity contribution < 1.29 is 4.79 Å². The SMILES string of the molecule is CC(NC(=O)CCBr)c1ncc[nH]1. The Morgan fingerprint density at radius 1 is 1.85 bits per heavy atom. The summed E-state index contributed by atoms with van der Waals surface area (Å²) in [5.41, 5.74) is 0. The molecule has 0 aliphatic rings. The van der Waals surface area contributed by atoms with E-state index in [-0.39, 0.29) is 11.9 Å². The summed E-state index contributed by atoms with van der Waals surface area (Å²) < 4.78 is 0. The second-order valence-electron chi connectivity index (χ2n) is 2.70. The van der Waals surface area contributed by atoms with Crippen molar-refractivity contribution in [2.75, 3.05) is 5.33 Å². The fourth-order valence-electron chi connectivity index (χ4n) is 0.982. The number of aromatic nitrogens is 2. The molecule has 0 aliphatic heterocycles. The standard InChI is InChI=1S/C8H12BrN3O/c1-6(8-10-4-5-11-8)12-7(13)2-3-9/h4-6H,2-3H2,1H3,(H,10,11)(H,12,13). The number of amides is 1. The molecule has 1 rings (SSSR count). The molecule has 0 saturated carbocycles. The summed E-state index contributed by atoms with van der Waals surface area (Å²) in [5, 5.41) is 3.50. The number of hydrogen-bond donors (Lipinski definition) is 2. The lowest BCUT2D eigenvalue weighted by Crippen LogP contribution is -2.27. The maximum absolute atomic E-state index is 11.2. The van der Waals surface area contributed by atoms with E-state index in [9.17, 15) is 4.79 Å². The molecule has 0 radical (unpaired) electrons. The van der Waals surface area contributed by atoms with Crippen LogP contribution in [0.3, 0.4) is 0 Å². The third kappa shape index (κ3) is 3.18. The van der Waals surface area contributed by atoms with Gasteiger partial charge < -0.3 is 10.3 Å². The van der Waals surface area contributed by atoms with Gasteiger partial charge in [0.1, 0.15) is 5.82 Å². The van der Waals surface area contributed by atoms with Crippen LogP contribution in [0.25, 0.3) is 0 Å². The minimum absolute atomic E-state index is 0.0285. The molecule has 0 fully saturated rings. The zero-order chi connectivity index (χ0) is 9.68. The van der Waals surface area contributed by atoms with Gasteiger partial charge in [-0.05, 0) is 6.92 Å². The van der Waals surface area contributed by atoms with Gasteiger partial charge in [0.15, 0.2) is 0 Å². The van der Waals surface area contributed by atoms with Crippen molar-refractivity contribution in [2.24, 2.45) is 0 Å². The van der Waals surface area contributed by atoms with E-state index < -0.39 is 0 Å². The van der Waals surface area contributed by atoms with Crippen LogP contribution in [0.1, 0.15) is 25.2 Å². The molecule has 72 valence electrons. The van der Waals surface area contributed by atoms with Gasteiger partial charge in [0.25, 0.3) is 0 Å². The molecular formula is C8H12BrN3O. The normalized spacial score (nSPS) is 12.5. The number of halogens is 1. The lowest BCUT2D eigenvalue weighted by Gasteiger charge is -2.10. The second kappa shape index (κ2) is 5.01. The van der Waals surface area contributed by atoms with Crippen molar-refractivity contribution in [1.29, 1.82) is 0 Å². The molecule has 1 atom stereocenters. The molecule has 0 aliphatic carbocycles. The zero-order valence-electron chi connectivity index (χ0n) is 7.38. The van der Waals surface area contributed by atoms with Crippen LogP contribution < -0.4 is 5.32 Å². The molecule has 1 aromatic heterocycles. The van der Waals surface area contributed by atoms with E-state index in [1.807, 2.05) is 6.92 Å². The van der Waals surface area contributed by atoms with Crippen molar-refractivity contribution in [3.8, 4) is 0 Å². The third-order valence-electron chi connectivity index (χ3n) is 1.63. The quantitative estimate of drug-likeness (QED) is 0.788. The minimum Gasteiger partial charge on any atom is -0.347 e. The topological polar surface area (TPSA) is 57.8 Å². The first-order chi connectivity index (χ1) is 6.24.